The molecule has 8 heteroatoms. The lowest BCUT2D eigenvalue weighted by molar-refractivity contribution is -0.105. The molecule has 1 amide bonds. The molecule has 1 atom stereocenters. The number of ether oxygens (including phenoxy) is 1. The summed E-state index contributed by atoms with van der Waals surface area (Å²) in [6.07, 6.45) is 8.62. The Hall–Kier alpha value is -4.01. The van der Waals surface area contributed by atoms with Crippen molar-refractivity contribution in [2.45, 2.75) is 46.2 Å². The van der Waals surface area contributed by atoms with Gasteiger partial charge in [0.2, 0.25) is 6.41 Å². The summed E-state index contributed by atoms with van der Waals surface area (Å²) >= 11 is 0. The molecule has 39 heavy (non-hydrogen) atoms. The molecule has 5 rings (SSSR count). The second kappa shape index (κ2) is 13.2. The maximum Gasteiger partial charge on any atom is 0.211 e. The molecule has 1 aliphatic heterocycles. The summed E-state index contributed by atoms with van der Waals surface area (Å²) in [4.78, 5) is 21.7. The van der Waals surface area contributed by atoms with Crippen LogP contribution in [-0.4, -0.2) is 52.1 Å². The lowest BCUT2D eigenvalue weighted by Crippen LogP contribution is -2.42. The van der Waals surface area contributed by atoms with Gasteiger partial charge in [0.25, 0.3) is 0 Å². The molecule has 2 aromatic carbocycles. The first-order chi connectivity index (χ1) is 18.8. The van der Waals surface area contributed by atoms with E-state index < -0.39 is 0 Å². The van der Waals surface area contributed by atoms with Gasteiger partial charge in [0.05, 0.1) is 19.1 Å². The Bertz CT molecular complexity index is 1380. The number of carbonyl (C=O) groups is 1. The number of nitrogens with one attached hydrogen (secondary N) is 1. The minimum Gasteiger partial charge on any atom is -0.497 e. The number of piperidine rings is 1. The molecule has 1 saturated heterocycles. The summed E-state index contributed by atoms with van der Waals surface area (Å²) < 4.78 is 7.12. The van der Waals surface area contributed by atoms with E-state index in [1.54, 1.807) is 13.4 Å². The van der Waals surface area contributed by atoms with Crippen molar-refractivity contribution in [3.63, 3.8) is 0 Å². The van der Waals surface area contributed by atoms with Crippen LogP contribution in [-0.2, 0) is 11.3 Å². The Morgan fingerprint density at radius 2 is 1.87 bits per heavy atom. The zero-order chi connectivity index (χ0) is 27.8. The molecule has 1 aliphatic rings. The highest BCUT2D eigenvalue weighted by Crippen LogP contribution is 2.25. The molecule has 3 heterocycles. The molecule has 0 spiro atoms. The quantitative estimate of drug-likeness (QED) is 0.327. The summed E-state index contributed by atoms with van der Waals surface area (Å²) in [7, 11) is 1.68. The highest BCUT2D eigenvalue weighted by atomic mass is 16.5. The van der Waals surface area contributed by atoms with Gasteiger partial charge in [-0.2, -0.15) is 0 Å². The minimum atomic E-state index is 0.260. The molecule has 204 valence electrons. The summed E-state index contributed by atoms with van der Waals surface area (Å²) in [5, 5.41) is 2.75. The van der Waals surface area contributed by atoms with E-state index in [2.05, 4.69) is 51.4 Å². The first-order valence-electron chi connectivity index (χ1n) is 13.3. The molecule has 4 aromatic rings. The Labute approximate surface area is 230 Å². The third-order valence-electron chi connectivity index (χ3n) is 6.80. The number of carbonyl (C=O) groups excluding carboxylic acids is 1. The highest BCUT2D eigenvalue weighted by molar-refractivity contribution is 5.73. The van der Waals surface area contributed by atoms with Gasteiger partial charge in [-0.15, -0.1) is 0 Å². The Morgan fingerprint density at radius 1 is 1.08 bits per heavy atom. The molecule has 0 radical (unpaired) electrons. The number of amides is 1. The van der Waals surface area contributed by atoms with Crippen LogP contribution in [0.3, 0.4) is 0 Å². The molecular formula is C31H38N6O2. The van der Waals surface area contributed by atoms with Crippen molar-refractivity contribution in [3.8, 4) is 22.6 Å². The van der Waals surface area contributed by atoms with Gasteiger partial charge in [0.1, 0.15) is 5.75 Å². The third-order valence-corrected chi connectivity index (χ3v) is 6.80. The van der Waals surface area contributed by atoms with Gasteiger partial charge < -0.3 is 20.4 Å². The molecule has 8 nitrogen and oxygen atoms in total. The fourth-order valence-electron chi connectivity index (χ4n) is 4.83. The number of hydrogen-bond acceptors (Lipinski definition) is 6. The molecule has 0 aliphatic carbocycles. The van der Waals surface area contributed by atoms with Gasteiger partial charge in [-0.05, 0) is 98.8 Å². The third kappa shape index (κ3) is 7.75. The van der Waals surface area contributed by atoms with Crippen molar-refractivity contribution in [1.82, 2.24) is 19.4 Å². The second-order valence-electron chi connectivity index (χ2n) is 10.1. The van der Waals surface area contributed by atoms with Crippen LogP contribution in [0.5, 0.6) is 5.75 Å². The Balaban J connectivity index is 0.000000193. The summed E-state index contributed by atoms with van der Waals surface area (Å²) in [5.41, 5.74) is 14.6. The van der Waals surface area contributed by atoms with E-state index in [1.807, 2.05) is 55.1 Å². The highest BCUT2D eigenvalue weighted by Gasteiger charge is 2.17. The smallest absolute Gasteiger partial charge is 0.211 e. The minimum absolute atomic E-state index is 0.260. The van der Waals surface area contributed by atoms with Crippen molar-refractivity contribution < 1.29 is 9.53 Å². The fourth-order valence-corrected chi connectivity index (χ4v) is 4.83. The Morgan fingerprint density at radius 3 is 2.54 bits per heavy atom. The maximum atomic E-state index is 10.8. The van der Waals surface area contributed by atoms with Crippen LogP contribution < -0.4 is 15.8 Å². The number of aromatic nitrogens is 3. The van der Waals surface area contributed by atoms with Crippen LogP contribution in [0.4, 0.5) is 5.69 Å². The molecule has 1 fully saturated rings. The van der Waals surface area contributed by atoms with E-state index in [0.717, 1.165) is 66.6 Å². The van der Waals surface area contributed by atoms with Crippen molar-refractivity contribution in [3.05, 3.63) is 89.8 Å². The molecule has 2 aromatic heterocycles. The lowest BCUT2D eigenvalue weighted by Gasteiger charge is -2.30. The first-order valence-corrected chi connectivity index (χ1v) is 13.3. The molecule has 3 N–H and O–H groups in total. The topological polar surface area (TPSA) is 98.3 Å². The number of hydrogen-bond donors (Lipinski definition) is 2. The van der Waals surface area contributed by atoms with E-state index in [1.165, 1.54) is 16.7 Å². The number of methoxy groups -OCH3 is 1. The number of aryl methyl sites for hydroxylation is 3. The van der Waals surface area contributed by atoms with E-state index in [-0.39, 0.29) is 6.04 Å². The zero-order valence-electron chi connectivity index (χ0n) is 23.2. The Kier molecular flexibility index (Phi) is 9.46. The van der Waals surface area contributed by atoms with Crippen molar-refractivity contribution >= 4 is 12.1 Å². The first kappa shape index (κ1) is 28.0. The summed E-state index contributed by atoms with van der Waals surface area (Å²) in [5.74, 6) is 0.882. The molecule has 0 bridgehead atoms. The second-order valence-corrected chi connectivity index (χ2v) is 10.1. The van der Waals surface area contributed by atoms with E-state index in [4.69, 9.17) is 10.5 Å². The number of benzene rings is 2. The van der Waals surface area contributed by atoms with Crippen molar-refractivity contribution in [2.24, 2.45) is 5.73 Å². The van der Waals surface area contributed by atoms with Crippen molar-refractivity contribution in [2.75, 3.05) is 25.5 Å². The maximum absolute atomic E-state index is 10.8. The average molecular weight is 527 g/mol. The predicted molar refractivity (Wildman–Crippen MR) is 156 cm³/mol. The number of pyridine rings is 1. The van der Waals surface area contributed by atoms with Gasteiger partial charge in [0.15, 0.2) is 0 Å². The van der Waals surface area contributed by atoms with Gasteiger partial charge in [-0.25, -0.2) is 4.98 Å². The van der Waals surface area contributed by atoms with E-state index in [9.17, 15) is 4.79 Å². The van der Waals surface area contributed by atoms with Gasteiger partial charge >= 0.3 is 0 Å². The normalized spacial score (nSPS) is 15.3. The predicted octanol–water partition coefficient (Wildman–Crippen LogP) is 5.05. The average Bonchev–Trinajstić information content (AvgIpc) is 3.37. The molecule has 0 saturated carbocycles. The van der Waals surface area contributed by atoms with Crippen LogP contribution in [0.15, 0.2) is 67.3 Å². The number of anilines is 1. The van der Waals surface area contributed by atoms with Crippen LogP contribution >= 0.6 is 0 Å². The van der Waals surface area contributed by atoms with E-state index in [0.29, 0.717) is 6.41 Å². The van der Waals surface area contributed by atoms with E-state index >= 15 is 0 Å². The van der Waals surface area contributed by atoms with Crippen LogP contribution in [0.1, 0.15) is 35.4 Å². The molecule has 1 unspecified atom stereocenters. The van der Waals surface area contributed by atoms with Crippen LogP contribution in [0, 0.1) is 20.8 Å². The van der Waals surface area contributed by atoms with Gasteiger partial charge in [-0.1, -0.05) is 12.1 Å². The standard InChI is InChI=1S/C17H23N5O.C14H15NO/c1-13-8-22(11-19-13)17-6-14(5-16(7-17)20-12-23)9-21-4-2-3-15(18)10-21;1-10-9-15-11(2)8-14(10)12-4-6-13(16-3)7-5-12/h5-8,11-12,15H,2-4,9-10,18H2,1H3,(H,20,23);4-9H,1-3H3. The monoisotopic (exact) mass is 526 g/mol. The zero-order valence-corrected chi connectivity index (χ0v) is 23.2. The number of rotatable bonds is 7. The number of nitrogens with two attached hydrogens (primary N) is 1. The van der Waals surface area contributed by atoms with Crippen molar-refractivity contribution in [1.29, 1.82) is 0 Å². The summed E-state index contributed by atoms with van der Waals surface area (Å²) in [6.45, 7) is 8.87. The largest absolute Gasteiger partial charge is 0.497 e. The van der Waals surface area contributed by atoms with Crippen LogP contribution in [0.2, 0.25) is 0 Å². The number of imidazole rings is 1. The summed E-state index contributed by atoms with van der Waals surface area (Å²) in [6, 6.07) is 16.6. The number of nitrogens with zero attached hydrogens (tertiary/aromatic N) is 4. The molecular weight excluding hydrogens is 488 g/mol. The van der Waals surface area contributed by atoms with Crippen LogP contribution in [0.25, 0.3) is 16.8 Å². The fraction of sp³-hybridized carbons (Fsp3) is 0.323. The lowest BCUT2D eigenvalue weighted by atomic mass is 10.0. The number of likely N-dealkylation sites (tertiary alicyclic amines) is 1. The van der Waals surface area contributed by atoms with Gasteiger partial charge in [-0.3, -0.25) is 14.7 Å². The van der Waals surface area contributed by atoms with Gasteiger partial charge in [0, 0.05) is 48.6 Å². The SMILES string of the molecule is COc1ccc(-c2cc(C)ncc2C)cc1.Cc1cn(-c2cc(CN3CCCC(N)C3)cc(NC=O)c2)cn1.